The fourth-order valence-corrected chi connectivity index (χ4v) is 2.21. The van der Waals surface area contributed by atoms with Crippen LogP contribution < -0.4 is 14.4 Å². The van der Waals surface area contributed by atoms with Gasteiger partial charge in [0.05, 0.1) is 25.9 Å². The molecule has 0 saturated carbocycles. The Kier molecular flexibility index (Phi) is 2.78. The van der Waals surface area contributed by atoms with E-state index < -0.39 is 0 Å². The van der Waals surface area contributed by atoms with Crippen LogP contribution in [0, 0.1) is 0 Å². The van der Waals surface area contributed by atoms with Crippen LogP contribution in [-0.4, -0.2) is 44.3 Å². The van der Waals surface area contributed by atoms with Gasteiger partial charge in [0.1, 0.15) is 0 Å². The first kappa shape index (κ1) is 10.7. The molecule has 2 aliphatic rings. The number of morpholine rings is 1. The maximum absolute atomic E-state index is 9.34. The summed E-state index contributed by atoms with van der Waals surface area (Å²) in [6.45, 7) is 2.40. The molecule has 92 valence electrons. The molecule has 2 aliphatic heterocycles. The monoisotopic (exact) mass is 237 g/mol. The Labute approximate surface area is 99.5 Å². The summed E-state index contributed by atoms with van der Waals surface area (Å²) < 4.78 is 16.0. The summed E-state index contributed by atoms with van der Waals surface area (Å²) in [5.74, 6) is 1.55. The van der Waals surface area contributed by atoms with Gasteiger partial charge in [-0.1, -0.05) is 0 Å². The van der Waals surface area contributed by atoms with Crippen LogP contribution in [0.25, 0.3) is 0 Å². The third-order valence-corrected chi connectivity index (χ3v) is 3.13. The van der Waals surface area contributed by atoms with Crippen molar-refractivity contribution in [2.24, 2.45) is 0 Å². The Morgan fingerprint density at radius 1 is 1.29 bits per heavy atom. The molecule has 0 aliphatic carbocycles. The van der Waals surface area contributed by atoms with Gasteiger partial charge in [-0.25, -0.2) is 0 Å². The van der Waals surface area contributed by atoms with Gasteiger partial charge in [-0.05, 0) is 12.1 Å². The number of anilines is 1. The molecule has 3 rings (SSSR count). The van der Waals surface area contributed by atoms with Crippen molar-refractivity contribution in [1.82, 2.24) is 0 Å². The molecule has 0 aromatic heterocycles. The summed E-state index contributed by atoms with van der Waals surface area (Å²) in [7, 11) is 0. The lowest BCUT2D eigenvalue weighted by atomic mass is 10.2. The maximum Gasteiger partial charge on any atom is 0.231 e. The molecule has 1 fully saturated rings. The second-order valence-electron chi connectivity index (χ2n) is 4.14. The summed E-state index contributed by atoms with van der Waals surface area (Å²) in [5, 5.41) is 9.34. The minimum absolute atomic E-state index is 0.0177. The van der Waals surface area contributed by atoms with Crippen molar-refractivity contribution < 1.29 is 19.3 Å². The van der Waals surface area contributed by atoms with Crippen molar-refractivity contribution in [3.05, 3.63) is 18.2 Å². The molecule has 1 aromatic rings. The predicted octanol–water partition coefficient (Wildman–Crippen LogP) is 0.613. The summed E-state index contributed by atoms with van der Waals surface area (Å²) >= 11 is 0. The highest BCUT2D eigenvalue weighted by Crippen LogP contribution is 2.36. The lowest BCUT2D eigenvalue weighted by Gasteiger charge is -2.36. The van der Waals surface area contributed by atoms with E-state index in [4.69, 9.17) is 14.2 Å². The topological polar surface area (TPSA) is 51.2 Å². The van der Waals surface area contributed by atoms with Gasteiger partial charge in [0.15, 0.2) is 11.5 Å². The van der Waals surface area contributed by atoms with Gasteiger partial charge < -0.3 is 24.2 Å². The van der Waals surface area contributed by atoms with Gasteiger partial charge in [0.2, 0.25) is 6.79 Å². The van der Waals surface area contributed by atoms with Crippen molar-refractivity contribution in [1.29, 1.82) is 0 Å². The van der Waals surface area contributed by atoms with Crippen molar-refractivity contribution in [2.75, 3.05) is 38.1 Å². The van der Waals surface area contributed by atoms with Crippen LogP contribution in [0.15, 0.2) is 18.2 Å². The minimum atomic E-state index is 0.0177. The molecular weight excluding hydrogens is 222 g/mol. The van der Waals surface area contributed by atoms with Gasteiger partial charge in [-0.3, -0.25) is 0 Å². The summed E-state index contributed by atoms with van der Waals surface area (Å²) in [6.07, 6.45) is 0. The molecule has 0 bridgehead atoms. The van der Waals surface area contributed by atoms with Crippen molar-refractivity contribution in [3.8, 4) is 11.5 Å². The van der Waals surface area contributed by atoms with Gasteiger partial charge in [-0.15, -0.1) is 0 Å². The lowest BCUT2D eigenvalue weighted by Crippen LogP contribution is -2.47. The highest BCUT2D eigenvalue weighted by atomic mass is 16.7. The number of benzene rings is 1. The summed E-state index contributed by atoms with van der Waals surface area (Å²) in [5.41, 5.74) is 1.04. The number of hydrogen-bond donors (Lipinski definition) is 1. The summed E-state index contributed by atoms with van der Waals surface area (Å²) in [6, 6.07) is 5.86. The Bertz CT molecular complexity index is 409. The standard InChI is InChI=1S/C12H15NO4/c14-6-10-7-15-4-3-13(10)9-1-2-11-12(5-9)17-8-16-11/h1-2,5,10,14H,3-4,6-8H2. The van der Waals surface area contributed by atoms with E-state index in [0.29, 0.717) is 13.2 Å². The molecule has 2 heterocycles. The second kappa shape index (κ2) is 4.43. The third kappa shape index (κ3) is 1.92. The zero-order chi connectivity index (χ0) is 11.7. The van der Waals surface area contributed by atoms with Crippen molar-refractivity contribution in [2.45, 2.75) is 6.04 Å². The Balaban J connectivity index is 1.87. The van der Waals surface area contributed by atoms with E-state index in [1.807, 2.05) is 18.2 Å². The number of nitrogens with zero attached hydrogens (tertiary/aromatic N) is 1. The van der Waals surface area contributed by atoms with Crippen LogP contribution in [0.3, 0.4) is 0 Å². The largest absolute Gasteiger partial charge is 0.454 e. The molecule has 1 N–H and O–H groups in total. The fourth-order valence-electron chi connectivity index (χ4n) is 2.21. The Morgan fingerprint density at radius 3 is 3.06 bits per heavy atom. The van der Waals surface area contributed by atoms with Gasteiger partial charge in [-0.2, -0.15) is 0 Å². The molecule has 5 nitrogen and oxygen atoms in total. The van der Waals surface area contributed by atoms with Crippen LogP contribution in [-0.2, 0) is 4.74 Å². The van der Waals surface area contributed by atoms with Gasteiger partial charge in [0, 0.05) is 18.3 Å². The molecule has 1 atom stereocenters. The minimum Gasteiger partial charge on any atom is -0.454 e. The molecule has 0 amide bonds. The molecular formula is C12H15NO4. The molecule has 0 spiro atoms. The summed E-state index contributed by atoms with van der Waals surface area (Å²) in [4.78, 5) is 2.14. The zero-order valence-electron chi connectivity index (χ0n) is 9.46. The van der Waals surface area contributed by atoms with E-state index in [2.05, 4.69) is 4.90 Å². The Morgan fingerprint density at radius 2 is 2.18 bits per heavy atom. The Hall–Kier alpha value is -1.46. The number of fused-ring (bicyclic) bond motifs is 1. The highest BCUT2D eigenvalue weighted by molar-refractivity contribution is 5.58. The van der Waals surface area contributed by atoms with Crippen molar-refractivity contribution >= 4 is 5.69 Å². The van der Waals surface area contributed by atoms with Crippen molar-refractivity contribution in [3.63, 3.8) is 0 Å². The van der Waals surface area contributed by atoms with E-state index >= 15 is 0 Å². The lowest BCUT2D eigenvalue weighted by molar-refractivity contribution is 0.0727. The number of aliphatic hydroxyl groups is 1. The van der Waals surface area contributed by atoms with Crippen LogP contribution in [0.2, 0.25) is 0 Å². The molecule has 0 radical (unpaired) electrons. The second-order valence-corrected chi connectivity index (χ2v) is 4.14. The molecule has 5 heteroatoms. The van der Waals surface area contributed by atoms with Crippen LogP contribution >= 0.6 is 0 Å². The first-order valence-corrected chi connectivity index (χ1v) is 5.73. The first-order valence-electron chi connectivity index (χ1n) is 5.73. The number of ether oxygens (including phenoxy) is 3. The normalized spacial score (nSPS) is 22.9. The van der Waals surface area contributed by atoms with E-state index in [1.165, 1.54) is 0 Å². The van der Waals surface area contributed by atoms with Crippen LogP contribution in [0.1, 0.15) is 0 Å². The van der Waals surface area contributed by atoms with Crippen LogP contribution in [0.5, 0.6) is 11.5 Å². The van der Waals surface area contributed by atoms with Crippen LogP contribution in [0.4, 0.5) is 5.69 Å². The predicted molar refractivity (Wildman–Crippen MR) is 61.6 cm³/mol. The van der Waals surface area contributed by atoms with E-state index in [1.54, 1.807) is 0 Å². The van der Waals surface area contributed by atoms with E-state index in [0.717, 1.165) is 23.7 Å². The SMILES string of the molecule is OCC1COCCN1c1ccc2c(c1)OCO2. The maximum atomic E-state index is 9.34. The third-order valence-electron chi connectivity index (χ3n) is 3.13. The quantitative estimate of drug-likeness (QED) is 0.817. The smallest absolute Gasteiger partial charge is 0.231 e. The average Bonchev–Trinajstić information content (AvgIpc) is 2.85. The number of rotatable bonds is 2. The molecule has 1 unspecified atom stereocenters. The van der Waals surface area contributed by atoms with Gasteiger partial charge in [0.25, 0.3) is 0 Å². The van der Waals surface area contributed by atoms with E-state index in [9.17, 15) is 5.11 Å². The average molecular weight is 237 g/mol. The van der Waals surface area contributed by atoms with E-state index in [-0.39, 0.29) is 19.4 Å². The van der Waals surface area contributed by atoms with Gasteiger partial charge >= 0.3 is 0 Å². The highest BCUT2D eigenvalue weighted by Gasteiger charge is 2.24. The fraction of sp³-hybridized carbons (Fsp3) is 0.500. The number of aliphatic hydroxyl groups excluding tert-OH is 1. The number of hydrogen-bond acceptors (Lipinski definition) is 5. The molecule has 1 saturated heterocycles. The molecule has 17 heavy (non-hydrogen) atoms. The molecule has 1 aromatic carbocycles. The first-order chi connectivity index (χ1) is 8.38. The zero-order valence-corrected chi connectivity index (χ0v) is 9.46.